The molecule has 1 N–H and O–H groups in total. The fourth-order valence-electron chi connectivity index (χ4n) is 1.86. The number of rotatable bonds is 4. The van der Waals surface area contributed by atoms with Gasteiger partial charge in [0, 0.05) is 6.42 Å². The Kier molecular flexibility index (Phi) is 4.88. The number of hydrogen-bond donors (Lipinski definition) is 1. The van der Waals surface area contributed by atoms with E-state index in [1.54, 1.807) is 26.0 Å². The number of amides is 1. The Morgan fingerprint density at radius 1 is 1.32 bits per heavy atom. The third-order valence-electron chi connectivity index (χ3n) is 3.59. The standard InChI is InChI=1S/C14H13Cl4NO3/c1-7-3-4-8(15)11(10(7)16)19-9(20)5-22-12(21)13(2)6-14(13,17)18/h3-4H,5-6H2,1-2H3,(H,19,20). The molecule has 0 aromatic heterocycles. The fourth-order valence-corrected chi connectivity index (χ4v) is 3.01. The lowest BCUT2D eigenvalue weighted by Gasteiger charge is -2.13. The van der Waals surface area contributed by atoms with Gasteiger partial charge in [-0.15, -0.1) is 23.2 Å². The number of ether oxygens (including phenoxy) is 1. The van der Waals surface area contributed by atoms with Gasteiger partial charge in [-0.3, -0.25) is 9.59 Å². The Morgan fingerprint density at radius 3 is 2.45 bits per heavy atom. The van der Waals surface area contributed by atoms with Crippen LogP contribution >= 0.6 is 46.4 Å². The van der Waals surface area contributed by atoms with Gasteiger partial charge in [0.05, 0.1) is 15.7 Å². The van der Waals surface area contributed by atoms with Gasteiger partial charge in [0.1, 0.15) is 9.75 Å². The molecule has 1 aromatic rings. The molecule has 2 rings (SSSR count). The highest BCUT2D eigenvalue weighted by Crippen LogP contribution is 2.64. The zero-order chi connectivity index (χ0) is 16.7. The molecule has 1 fully saturated rings. The monoisotopic (exact) mass is 383 g/mol. The lowest BCUT2D eigenvalue weighted by molar-refractivity contribution is -0.152. The van der Waals surface area contributed by atoms with E-state index < -0.39 is 28.2 Å². The van der Waals surface area contributed by atoms with E-state index in [-0.39, 0.29) is 5.69 Å². The summed E-state index contributed by atoms with van der Waals surface area (Å²) in [5.74, 6) is -1.17. The number of benzene rings is 1. The highest BCUT2D eigenvalue weighted by atomic mass is 35.5. The van der Waals surface area contributed by atoms with E-state index >= 15 is 0 Å². The van der Waals surface area contributed by atoms with Gasteiger partial charge in [0.2, 0.25) is 0 Å². The molecule has 0 aliphatic heterocycles. The summed E-state index contributed by atoms with van der Waals surface area (Å²) in [7, 11) is 0. The van der Waals surface area contributed by atoms with E-state index in [9.17, 15) is 9.59 Å². The van der Waals surface area contributed by atoms with Crippen molar-refractivity contribution < 1.29 is 14.3 Å². The molecule has 1 aliphatic carbocycles. The SMILES string of the molecule is Cc1ccc(Cl)c(NC(=O)COC(=O)C2(C)CC2(Cl)Cl)c1Cl. The summed E-state index contributed by atoms with van der Waals surface area (Å²) < 4.78 is 3.81. The largest absolute Gasteiger partial charge is 0.455 e. The van der Waals surface area contributed by atoms with Crippen molar-refractivity contribution in [3.63, 3.8) is 0 Å². The van der Waals surface area contributed by atoms with Crippen LogP contribution in [0.2, 0.25) is 10.0 Å². The Balaban J connectivity index is 1.95. The molecule has 22 heavy (non-hydrogen) atoms. The van der Waals surface area contributed by atoms with E-state index in [1.807, 2.05) is 0 Å². The van der Waals surface area contributed by atoms with Gasteiger partial charge < -0.3 is 10.1 Å². The van der Waals surface area contributed by atoms with Gasteiger partial charge in [0.25, 0.3) is 5.91 Å². The predicted octanol–water partition coefficient (Wildman–Crippen LogP) is 4.37. The van der Waals surface area contributed by atoms with Crippen LogP contribution in [0.1, 0.15) is 18.9 Å². The first-order chi connectivity index (χ1) is 10.1. The van der Waals surface area contributed by atoms with Crippen LogP contribution in [0.5, 0.6) is 0 Å². The number of aryl methyl sites for hydroxylation is 1. The summed E-state index contributed by atoms with van der Waals surface area (Å²) in [5.41, 5.74) is 0.0682. The maximum absolute atomic E-state index is 11.9. The van der Waals surface area contributed by atoms with Crippen LogP contribution in [0.25, 0.3) is 0 Å². The van der Waals surface area contributed by atoms with E-state index in [2.05, 4.69) is 5.32 Å². The molecule has 1 amide bonds. The van der Waals surface area contributed by atoms with Crippen molar-refractivity contribution >= 4 is 64.0 Å². The molecule has 0 heterocycles. The molecule has 0 bridgehead atoms. The van der Waals surface area contributed by atoms with Gasteiger partial charge in [-0.05, 0) is 25.5 Å². The Bertz CT molecular complexity index is 647. The number of alkyl halides is 2. The zero-order valence-electron chi connectivity index (χ0n) is 11.8. The molecule has 8 heteroatoms. The fraction of sp³-hybridized carbons (Fsp3) is 0.429. The van der Waals surface area contributed by atoms with Crippen molar-refractivity contribution in [2.75, 3.05) is 11.9 Å². The molecule has 0 saturated heterocycles. The summed E-state index contributed by atoms with van der Waals surface area (Å²) in [6.07, 6.45) is 0.291. The Labute approximate surface area is 148 Å². The first-order valence-electron chi connectivity index (χ1n) is 6.38. The van der Waals surface area contributed by atoms with Crippen LogP contribution in [0, 0.1) is 12.3 Å². The molecule has 4 nitrogen and oxygen atoms in total. The summed E-state index contributed by atoms with van der Waals surface area (Å²) in [4.78, 5) is 23.7. The Morgan fingerprint density at radius 2 is 1.91 bits per heavy atom. The van der Waals surface area contributed by atoms with E-state index in [1.165, 1.54) is 0 Å². The first kappa shape index (κ1) is 17.7. The van der Waals surface area contributed by atoms with E-state index in [4.69, 9.17) is 51.1 Å². The van der Waals surface area contributed by atoms with Crippen molar-refractivity contribution in [1.82, 2.24) is 0 Å². The molecule has 1 unspecified atom stereocenters. The summed E-state index contributed by atoms with van der Waals surface area (Å²) in [6, 6.07) is 3.35. The second-order valence-electron chi connectivity index (χ2n) is 5.39. The molecule has 120 valence electrons. The number of nitrogens with one attached hydrogen (secondary N) is 1. The van der Waals surface area contributed by atoms with Gasteiger partial charge >= 0.3 is 5.97 Å². The topological polar surface area (TPSA) is 55.4 Å². The van der Waals surface area contributed by atoms with Crippen molar-refractivity contribution in [1.29, 1.82) is 0 Å². The highest BCUT2D eigenvalue weighted by Gasteiger charge is 2.69. The highest BCUT2D eigenvalue weighted by molar-refractivity contribution is 6.53. The maximum atomic E-state index is 11.9. The van der Waals surface area contributed by atoms with Crippen LogP contribution in [-0.4, -0.2) is 22.8 Å². The van der Waals surface area contributed by atoms with Crippen LogP contribution in [0.15, 0.2) is 12.1 Å². The van der Waals surface area contributed by atoms with Gasteiger partial charge in [-0.1, -0.05) is 29.3 Å². The van der Waals surface area contributed by atoms with Gasteiger partial charge in [0.15, 0.2) is 6.61 Å². The minimum Gasteiger partial charge on any atom is -0.455 e. The van der Waals surface area contributed by atoms with Crippen molar-refractivity contribution in [2.24, 2.45) is 5.41 Å². The third kappa shape index (κ3) is 3.30. The molecule has 1 aromatic carbocycles. The second-order valence-corrected chi connectivity index (χ2v) is 7.66. The molecular weight excluding hydrogens is 372 g/mol. The van der Waals surface area contributed by atoms with Crippen LogP contribution in [-0.2, 0) is 14.3 Å². The molecule has 0 spiro atoms. The summed E-state index contributed by atoms with van der Waals surface area (Å²) >= 11 is 23.8. The lowest BCUT2D eigenvalue weighted by Crippen LogP contribution is -2.27. The van der Waals surface area contributed by atoms with Crippen molar-refractivity contribution in [3.05, 3.63) is 27.7 Å². The van der Waals surface area contributed by atoms with Crippen LogP contribution < -0.4 is 5.32 Å². The number of halogens is 4. The van der Waals surface area contributed by atoms with E-state index in [0.29, 0.717) is 16.5 Å². The van der Waals surface area contributed by atoms with Crippen LogP contribution in [0.4, 0.5) is 5.69 Å². The number of esters is 1. The first-order valence-corrected chi connectivity index (χ1v) is 7.89. The zero-order valence-corrected chi connectivity index (χ0v) is 14.8. The normalized spacial score (nSPS) is 22.1. The quantitative estimate of drug-likeness (QED) is 0.619. The number of hydrogen-bond acceptors (Lipinski definition) is 3. The van der Waals surface area contributed by atoms with Crippen molar-refractivity contribution in [3.8, 4) is 0 Å². The average Bonchev–Trinajstić information content (AvgIpc) is 2.96. The average molecular weight is 385 g/mol. The molecule has 1 atom stereocenters. The maximum Gasteiger partial charge on any atom is 0.315 e. The minimum atomic E-state index is -1.14. The molecular formula is C14H13Cl4NO3. The third-order valence-corrected chi connectivity index (χ3v) is 5.49. The van der Waals surface area contributed by atoms with Crippen molar-refractivity contribution in [2.45, 2.75) is 24.6 Å². The smallest absolute Gasteiger partial charge is 0.315 e. The lowest BCUT2D eigenvalue weighted by atomic mass is 10.1. The number of carbonyl (C=O) groups is 2. The van der Waals surface area contributed by atoms with Crippen LogP contribution in [0.3, 0.4) is 0 Å². The van der Waals surface area contributed by atoms with Gasteiger partial charge in [-0.2, -0.15) is 0 Å². The molecule has 1 saturated carbocycles. The molecule has 1 aliphatic rings. The minimum absolute atomic E-state index is 0.283. The number of anilines is 1. The van der Waals surface area contributed by atoms with Gasteiger partial charge in [-0.25, -0.2) is 0 Å². The predicted molar refractivity (Wildman–Crippen MR) is 87.9 cm³/mol. The Hall–Kier alpha value is -0.680. The summed E-state index contributed by atoms with van der Waals surface area (Å²) in [6.45, 7) is 2.89. The molecule has 0 radical (unpaired) electrons. The summed E-state index contributed by atoms with van der Waals surface area (Å²) in [5, 5.41) is 3.15. The number of carbonyl (C=O) groups excluding carboxylic acids is 2. The van der Waals surface area contributed by atoms with E-state index in [0.717, 1.165) is 5.56 Å². The second kappa shape index (κ2) is 6.08.